The molecule has 1 saturated carbocycles. The average Bonchev–Trinajstić information content (AvgIpc) is 2.68. The number of hydrogen-bond donors (Lipinski definition) is 2. The Morgan fingerprint density at radius 3 is 2.65 bits per heavy atom. The first-order chi connectivity index (χ1) is 8.08. The first-order valence-corrected chi connectivity index (χ1v) is 6.24. The summed E-state index contributed by atoms with van der Waals surface area (Å²) in [6, 6.07) is 8.37. The van der Waals surface area contributed by atoms with Crippen LogP contribution >= 0.6 is 0 Å². The van der Waals surface area contributed by atoms with Crippen LogP contribution in [0.2, 0.25) is 0 Å². The highest BCUT2D eigenvalue weighted by atomic mass is 16.3. The van der Waals surface area contributed by atoms with Gasteiger partial charge in [-0.15, -0.1) is 0 Å². The number of aliphatic hydroxyl groups excluding tert-OH is 1. The second-order valence-corrected chi connectivity index (χ2v) is 6.04. The fourth-order valence-electron chi connectivity index (χ4n) is 3.07. The Balaban J connectivity index is 1.96. The van der Waals surface area contributed by atoms with Gasteiger partial charge >= 0.3 is 0 Å². The number of nitrogens with one attached hydrogen (secondary N) is 1. The van der Waals surface area contributed by atoms with Crippen LogP contribution in [0.15, 0.2) is 30.5 Å². The van der Waals surface area contributed by atoms with Crippen molar-refractivity contribution in [3.05, 3.63) is 36.0 Å². The molecule has 0 aliphatic heterocycles. The van der Waals surface area contributed by atoms with Gasteiger partial charge in [0.2, 0.25) is 0 Å². The van der Waals surface area contributed by atoms with Crippen LogP contribution in [0, 0.1) is 10.8 Å². The van der Waals surface area contributed by atoms with Crippen LogP contribution < -0.4 is 0 Å². The van der Waals surface area contributed by atoms with Gasteiger partial charge in [0.25, 0.3) is 0 Å². The lowest BCUT2D eigenvalue weighted by molar-refractivity contribution is 0.180. The zero-order valence-electron chi connectivity index (χ0n) is 10.5. The highest BCUT2D eigenvalue weighted by Crippen LogP contribution is 2.64. The number of H-pyrrole nitrogens is 1. The highest BCUT2D eigenvalue weighted by Gasteiger charge is 2.60. The predicted octanol–water partition coefficient (Wildman–Crippen LogP) is 3.12. The van der Waals surface area contributed by atoms with Crippen molar-refractivity contribution in [1.29, 1.82) is 0 Å². The second-order valence-electron chi connectivity index (χ2n) is 6.04. The molecular weight excluding hydrogens is 210 g/mol. The van der Waals surface area contributed by atoms with Crippen molar-refractivity contribution < 1.29 is 5.11 Å². The Morgan fingerprint density at radius 2 is 2.00 bits per heavy atom. The molecule has 2 heteroatoms. The summed E-state index contributed by atoms with van der Waals surface area (Å²) in [5, 5.41) is 10.9. The maximum Gasteiger partial charge on any atom is 0.0495 e. The lowest BCUT2D eigenvalue weighted by Gasteiger charge is -2.17. The molecule has 17 heavy (non-hydrogen) atoms. The molecule has 1 heterocycles. The molecule has 90 valence electrons. The largest absolute Gasteiger partial charge is 0.396 e. The molecule has 0 saturated heterocycles. The summed E-state index contributed by atoms with van der Waals surface area (Å²) in [6.45, 7) is 4.79. The van der Waals surface area contributed by atoms with E-state index in [2.05, 4.69) is 43.2 Å². The van der Waals surface area contributed by atoms with Gasteiger partial charge in [0.1, 0.15) is 0 Å². The minimum absolute atomic E-state index is 0.0952. The average molecular weight is 229 g/mol. The van der Waals surface area contributed by atoms with Crippen molar-refractivity contribution >= 4 is 10.9 Å². The Kier molecular flexibility index (Phi) is 2.14. The molecule has 0 radical (unpaired) electrons. The van der Waals surface area contributed by atoms with Crippen LogP contribution in [0.5, 0.6) is 0 Å². The van der Waals surface area contributed by atoms with E-state index in [-0.39, 0.29) is 10.8 Å². The molecule has 1 aliphatic carbocycles. The van der Waals surface area contributed by atoms with Gasteiger partial charge in [0.05, 0.1) is 0 Å². The van der Waals surface area contributed by atoms with E-state index in [0.717, 1.165) is 12.8 Å². The first-order valence-electron chi connectivity index (χ1n) is 6.24. The van der Waals surface area contributed by atoms with E-state index in [0.29, 0.717) is 6.61 Å². The third-order valence-electron chi connectivity index (χ3n) is 4.60. The van der Waals surface area contributed by atoms with Crippen molar-refractivity contribution in [2.24, 2.45) is 10.8 Å². The topological polar surface area (TPSA) is 36.0 Å². The molecule has 1 fully saturated rings. The summed E-state index contributed by atoms with van der Waals surface area (Å²) in [4.78, 5) is 3.31. The van der Waals surface area contributed by atoms with E-state index in [9.17, 15) is 5.11 Å². The Bertz CT molecular complexity index is 555. The van der Waals surface area contributed by atoms with Crippen LogP contribution in [0.1, 0.15) is 25.8 Å². The number of aliphatic hydroxyl groups is 1. The summed E-state index contributed by atoms with van der Waals surface area (Å²) >= 11 is 0. The van der Waals surface area contributed by atoms with E-state index >= 15 is 0 Å². The molecule has 1 aliphatic rings. The maximum absolute atomic E-state index is 9.65. The monoisotopic (exact) mass is 229 g/mol. The lowest BCUT2D eigenvalue weighted by Crippen LogP contribution is -2.17. The van der Waals surface area contributed by atoms with Gasteiger partial charge in [-0.05, 0) is 29.9 Å². The smallest absolute Gasteiger partial charge is 0.0495 e. The highest BCUT2D eigenvalue weighted by molar-refractivity contribution is 5.83. The number of fused-ring (bicyclic) bond motifs is 1. The third-order valence-corrected chi connectivity index (χ3v) is 4.60. The standard InChI is InChI=1S/C15H19NO/c1-14(2)9-15(14,10-17)7-11-8-16-13-6-4-3-5-12(11)13/h3-6,8,16-17H,7,9-10H2,1-2H3. The lowest BCUT2D eigenvalue weighted by atomic mass is 9.89. The minimum atomic E-state index is 0.0952. The van der Waals surface area contributed by atoms with Crippen molar-refractivity contribution in [1.82, 2.24) is 4.98 Å². The number of benzene rings is 1. The first kappa shape index (κ1) is 10.8. The van der Waals surface area contributed by atoms with E-state index in [4.69, 9.17) is 0 Å². The minimum Gasteiger partial charge on any atom is -0.396 e. The number of rotatable bonds is 3. The van der Waals surface area contributed by atoms with Crippen LogP contribution in [0.25, 0.3) is 10.9 Å². The molecule has 0 spiro atoms. The second kappa shape index (κ2) is 3.36. The van der Waals surface area contributed by atoms with E-state index in [1.807, 2.05) is 6.07 Å². The zero-order valence-corrected chi connectivity index (χ0v) is 10.5. The SMILES string of the molecule is CC1(C)CC1(CO)Cc1c[nH]c2ccccc12. The summed E-state index contributed by atoms with van der Waals surface area (Å²) in [6.07, 6.45) is 4.19. The molecule has 2 N–H and O–H groups in total. The molecule has 1 aromatic heterocycles. The van der Waals surface area contributed by atoms with Gasteiger partial charge in [-0.1, -0.05) is 32.0 Å². The molecule has 0 amide bonds. The third kappa shape index (κ3) is 1.51. The predicted molar refractivity (Wildman–Crippen MR) is 69.9 cm³/mol. The van der Waals surface area contributed by atoms with Gasteiger partial charge < -0.3 is 10.1 Å². The fourth-order valence-corrected chi connectivity index (χ4v) is 3.07. The van der Waals surface area contributed by atoms with Crippen LogP contribution in [-0.2, 0) is 6.42 Å². The Labute approximate surface area is 102 Å². The molecule has 2 aromatic rings. The quantitative estimate of drug-likeness (QED) is 0.833. The van der Waals surface area contributed by atoms with Crippen molar-refractivity contribution in [3.63, 3.8) is 0 Å². The van der Waals surface area contributed by atoms with Crippen molar-refractivity contribution in [2.75, 3.05) is 6.61 Å². The van der Waals surface area contributed by atoms with Gasteiger partial charge in [-0.25, -0.2) is 0 Å². The van der Waals surface area contributed by atoms with E-state index < -0.39 is 0 Å². The van der Waals surface area contributed by atoms with Gasteiger partial charge in [-0.2, -0.15) is 0 Å². The van der Waals surface area contributed by atoms with Crippen LogP contribution in [0.3, 0.4) is 0 Å². The number of para-hydroxylation sites is 1. The fraction of sp³-hybridized carbons (Fsp3) is 0.467. The maximum atomic E-state index is 9.65. The van der Waals surface area contributed by atoms with Crippen LogP contribution in [0.4, 0.5) is 0 Å². The van der Waals surface area contributed by atoms with Gasteiger partial charge in [0.15, 0.2) is 0 Å². The van der Waals surface area contributed by atoms with Gasteiger partial charge in [-0.3, -0.25) is 0 Å². The molecule has 2 nitrogen and oxygen atoms in total. The van der Waals surface area contributed by atoms with Crippen LogP contribution in [-0.4, -0.2) is 16.7 Å². The number of hydrogen-bond acceptors (Lipinski definition) is 1. The van der Waals surface area contributed by atoms with Crippen molar-refractivity contribution in [3.8, 4) is 0 Å². The Morgan fingerprint density at radius 1 is 1.29 bits per heavy atom. The normalized spacial score (nSPS) is 26.3. The Hall–Kier alpha value is -1.28. The molecule has 1 unspecified atom stereocenters. The summed E-state index contributed by atoms with van der Waals surface area (Å²) < 4.78 is 0. The van der Waals surface area contributed by atoms with E-state index in [1.54, 1.807) is 0 Å². The van der Waals surface area contributed by atoms with Crippen molar-refractivity contribution in [2.45, 2.75) is 26.7 Å². The molecule has 3 rings (SSSR count). The summed E-state index contributed by atoms with van der Waals surface area (Å²) in [7, 11) is 0. The zero-order chi connectivity index (χ0) is 12.1. The molecule has 1 atom stereocenters. The molecule has 1 aromatic carbocycles. The summed E-state index contributed by atoms with van der Waals surface area (Å²) in [5.41, 5.74) is 2.90. The summed E-state index contributed by atoms with van der Waals surface area (Å²) in [5.74, 6) is 0. The van der Waals surface area contributed by atoms with E-state index in [1.165, 1.54) is 16.5 Å². The number of aromatic amines is 1. The molecule has 0 bridgehead atoms. The molecular formula is C15H19NO. The number of aromatic nitrogens is 1. The van der Waals surface area contributed by atoms with Gasteiger partial charge in [0, 0.05) is 29.1 Å².